The molecular weight excluding hydrogens is 318 g/mol. The average Bonchev–Trinajstić information content (AvgIpc) is 2.43. The van der Waals surface area contributed by atoms with Gasteiger partial charge in [0, 0.05) is 17.0 Å². The maximum absolute atomic E-state index is 11.8. The monoisotopic (exact) mass is 331 g/mol. The molecule has 0 aliphatic heterocycles. The molecule has 0 saturated carbocycles. The van der Waals surface area contributed by atoms with E-state index in [1.165, 1.54) is 7.11 Å². The predicted octanol–water partition coefficient (Wildman–Crippen LogP) is 2.07. The molecule has 6 heteroatoms. The van der Waals surface area contributed by atoms with Gasteiger partial charge in [0.25, 0.3) is 5.91 Å². The molecule has 1 amide bonds. The Hall–Kier alpha value is -1.01. The Morgan fingerprint density at radius 3 is 2.50 bits per heavy atom. The zero-order valence-electron chi connectivity index (χ0n) is 10.1. The molecule has 1 unspecified atom stereocenters. The van der Waals surface area contributed by atoms with Crippen LogP contribution in [0.5, 0.6) is 0 Å². The Labute approximate surface area is 119 Å². The first-order valence-corrected chi connectivity index (χ1v) is 7.36. The zero-order valence-corrected chi connectivity index (χ0v) is 12.5. The summed E-state index contributed by atoms with van der Waals surface area (Å²) in [7, 11) is 1.31. The number of carbonyl (C=O) groups is 2. The van der Waals surface area contributed by atoms with Gasteiger partial charge in [-0.1, -0.05) is 15.9 Å². The minimum atomic E-state index is -0.531. The van der Waals surface area contributed by atoms with E-state index in [9.17, 15) is 9.59 Å². The highest BCUT2D eigenvalue weighted by atomic mass is 79.9. The van der Waals surface area contributed by atoms with Crippen LogP contribution in [0.3, 0.4) is 0 Å². The molecule has 0 heterocycles. The predicted molar refractivity (Wildman–Crippen MR) is 75.3 cm³/mol. The average molecular weight is 332 g/mol. The van der Waals surface area contributed by atoms with Gasteiger partial charge in [0.2, 0.25) is 0 Å². The van der Waals surface area contributed by atoms with Crippen LogP contribution in [-0.2, 0) is 9.53 Å². The van der Waals surface area contributed by atoms with Gasteiger partial charge in [-0.3, -0.25) is 9.59 Å². The molecule has 1 aromatic rings. The topological polar surface area (TPSA) is 55.4 Å². The summed E-state index contributed by atoms with van der Waals surface area (Å²) in [6, 6.07) is 7.27. The van der Waals surface area contributed by atoms with Gasteiger partial charge in [-0.25, -0.2) is 0 Å². The number of halogens is 1. The summed E-state index contributed by atoms with van der Waals surface area (Å²) in [5.41, 5.74) is 0.567. The number of amides is 1. The summed E-state index contributed by atoms with van der Waals surface area (Å²) in [4.78, 5) is 23.5. The van der Waals surface area contributed by atoms with E-state index in [0.717, 1.165) is 4.90 Å². The van der Waals surface area contributed by atoms with Crippen molar-refractivity contribution < 1.29 is 14.3 Å². The number of thioether (sulfide) groups is 1. The molecule has 1 aromatic carbocycles. The van der Waals surface area contributed by atoms with Gasteiger partial charge < -0.3 is 10.1 Å². The van der Waals surface area contributed by atoms with E-state index in [0.29, 0.717) is 5.56 Å². The van der Waals surface area contributed by atoms with Gasteiger partial charge in [-0.2, -0.15) is 0 Å². The Morgan fingerprint density at radius 1 is 1.39 bits per heavy atom. The van der Waals surface area contributed by atoms with E-state index in [1.807, 2.05) is 18.4 Å². The van der Waals surface area contributed by atoms with E-state index >= 15 is 0 Å². The van der Waals surface area contributed by atoms with Crippen molar-refractivity contribution in [3.8, 4) is 0 Å². The van der Waals surface area contributed by atoms with E-state index in [1.54, 1.807) is 23.9 Å². The third kappa shape index (κ3) is 4.34. The lowest BCUT2D eigenvalue weighted by molar-refractivity contribution is -0.139. The second-order valence-corrected chi connectivity index (χ2v) is 5.41. The maximum Gasteiger partial charge on any atom is 0.321 e. The van der Waals surface area contributed by atoms with Gasteiger partial charge in [-0.15, -0.1) is 11.8 Å². The number of hydrogen-bond donors (Lipinski definition) is 1. The summed E-state index contributed by atoms with van der Waals surface area (Å²) < 4.78 is 4.54. The number of carbonyl (C=O) groups excluding carboxylic acids is 2. The minimum Gasteiger partial charge on any atom is -0.468 e. The molecule has 0 saturated heterocycles. The van der Waals surface area contributed by atoms with Crippen molar-refractivity contribution in [2.45, 2.75) is 9.72 Å². The van der Waals surface area contributed by atoms with Crippen LogP contribution >= 0.6 is 27.7 Å². The first-order chi connectivity index (χ1) is 8.58. The highest BCUT2D eigenvalue weighted by Crippen LogP contribution is 2.14. The van der Waals surface area contributed by atoms with Crippen LogP contribution in [0, 0.1) is 0 Å². The van der Waals surface area contributed by atoms with Crippen molar-refractivity contribution in [1.29, 1.82) is 0 Å². The van der Waals surface area contributed by atoms with Crippen molar-refractivity contribution >= 4 is 39.6 Å². The second-order valence-electron chi connectivity index (χ2n) is 3.43. The Morgan fingerprint density at radius 2 is 2.00 bits per heavy atom. The SMILES string of the molecule is COC(=O)C(Br)CNC(=O)c1ccc(SC)cc1. The molecule has 1 N–H and O–H groups in total. The van der Waals surface area contributed by atoms with Crippen molar-refractivity contribution in [3.05, 3.63) is 29.8 Å². The van der Waals surface area contributed by atoms with Crippen molar-refractivity contribution in [3.63, 3.8) is 0 Å². The number of nitrogens with one attached hydrogen (secondary N) is 1. The molecule has 0 spiro atoms. The van der Waals surface area contributed by atoms with E-state index in [4.69, 9.17) is 0 Å². The van der Waals surface area contributed by atoms with Gasteiger partial charge in [-0.05, 0) is 30.5 Å². The van der Waals surface area contributed by atoms with Gasteiger partial charge in [0.15, 0.2) is 0 Å². The number of alkyl halides is 1. The molecule has 1 rings (SSSR count). The Balaban J connectivity index is 2.52. The molecule has 0 aliphatic rings. The fourth-order valence-electron chi connectivity index (χ4n) is 1.24. The number of methoxy groups -OCH3 is 1. The molecule has 0 bridgehead atoms. The van der Waals surface area contributed by atoms with Crippen molar-refractivity contribution in [1.82, 2.24) is 5.32 Å². The van der Waals surface area contributed by atoms with Gasteiger partial charge in [0.1, 0.15) is 4.83 Å². The van der Waals surface area contributed by atoms with E-state index in [-0.39, 0.29) is 12.5 Å². The first-order valence-electron chi connectivity index (χ1n) is 5.22. The highest BCUT2D eigenvalue weighted by Gasteiger charge is 2.16. The smallest absolute Gasteiger partial charge is 0.321 e. The lowest BCUT2D eigenvalue weighted by Crippen LogP contribution is -2.33. The third-order valence-corrected chi connectivity index (χ3v) is 3.69. The number of rotatable bonds is 5. The van der Waals surface area contributed by atoms with E-state index < -0.39 is 10.8 Å². The Kier molecular flexibility index (Phi) is 6.21. The number of hydrogen-bond acceptors (Lipinski definition) is 4. The molecule has 0 aliphatic carbocycles. The largest absolute Gasteiger partial charge is 0.468 e. The summed E-state index contributed by atoms with van der Waals surface area (Å²) in [6.07, 6.45) is 1.97. The molecule has 1 atom stereocenters. The number of benzene rings is 1. The van der Waals surface area contributed by atoms with Crippen molar-refractivity contribution in [2.24, 2.45) is 0 Å². The fourth-order valence-corrected chi connectivity index (χ4v) is 2.00. The molecule has 0 fully saturated rings. The fraction of sp³-hybridized carbons (Fsp3) is 0.333. The molecule has 18 heavy (non-hydrogen) atoms. The highest BCUT2D eigenvalue weighted by molar-refractivity contribution is 9.10. The summed E-state index contributed by atoms with van der Waals surface area (Å²) >= 11 is 4.75. The zero-order chi connectivity index (χ0) is 13.5. The molecule has 0 radical (unpaired) electrons. The lowest BCUT2D eigenvalue weighted by atomic mass is 10.2. The van der Waals surface area contributed by atoms with Crippen LogP contribution < -0.4 is 5.32 Å². The number of esters is 1. The third-order valence-electron chi connectivity index (χ3n) is 2.25. The minimum absolute atomic E-state index is 0.190. The van der Waals surface area contributed by atoms with Gasteiger partial charge in [0.05, 0.1) is 7.11 Å². The Bertz CT molecular complexity index is 422. The molecular formula is C12H14BrNO3S. The normalized spacial score (nSPS) is 11.7. The number of ether oxygens (including phenoxy) is 1. The molecule has 98 valence electrons. The summed E-state index contributed by atoms with van der Waals surface area (Å²) in [5.74, 6) is -0.621. The standard InChI is InChI=1S/C12H14BrNO3S/c1-17-12(16)10(13)7-14-11(15)8-3-5-9(18-2)6-4-8/h3-6,10H,7H2,1-2H3,(H,14,15). The van der Waals surface area contributed by atoms with Crippen LogP contribution in [0.25, 0.3) is 0 Å². The quantitative estimate of drug-likeness (QED) is 0.510. The second kappa shape index (κ2) is 7.43. The van der Waals surface area contributed by atoms with Crippen LogP contribution in [0.4, 0.5) is 0 Å². The van der Waals surface area contributed by atoms with Crippen LogP contribution in [0.2, 0.25) is 0 Å². The van der Waals surface area contributed by atoms with Crippen LogP contribution in [0.15, 0.2) is 29.2 Å². The van der Waals surface area contributed by atoms with Crippen LogP contribution in [0.1, 0.15) is 10.4 Å². The van der Waals surface area contributed by atoms with Crippen molar-refractivity contribution in [2.75, 3.05) is 19.9 Å². The lowest BCUT2D eigenvalue weighted by Gasteiger charge is -2.09. The maximum atomic E-state index is 11.8. The van der Waals surface area contributed by atoms with Crippen LogP contribution in [-0.4, -0.2) is 36.6 Å². The molecule has 0 aromatic heterocycles. The first kappa shape index (κ1) is 15.0. The molecule has 4 nitrogen and oxygen atoms in total. The summed E-state index contributed by atoms with van der Waals surface area (Å²) in [5, 5.41) is 2.66. The van der Waals surface area contributed by atoms with E-state index in [2.05, 4.69) is 26.0 Å². The van der Waals surface area contributed by atoms with Gasteiger partial charge >= 0.3 is 5.97 Å². The summed E-state index contributed by atoms with van der Waals surface area (Å²) in [6.45, 7) is 0.190.